The number of hydrogen-bond donors (Lipinski definition) is 0. The van der Waals surface area contributed by atoms with Gasteiger partial charge in [0.15, 0.2) is 0 Å². The molecule has 68 heavy (non-hydrogen) atoms. The molecule has 0 aliphatic carbocycles. The van der Waals surface area contributed by atoms with Gasteiger partial charge < -0.3 is 29.1 Å². The third-order valence-electron chi connectivity index (χ3n) is 15.0. The number of nitrogens with zero attached hydrogens (tertiary/aromatic N) is 4. The number of unbranched alkanes of at least 4 members (excludes halogenated alkanes) is 28. The Morgan fingerprint density at radius 2 is 0.588 bits per heavy atom. The average molecular weight is 962 g/mol. The van der Waals surface area contributed by atoms with E-state index in [9.17, 15) is 9.59 Å². The molecule has 0 radical (unpaired) electrons. The summed E-state index contributed by atoms with van der Waals surface area (Å²) in [6, 6.07) is 0. The van der Waals surface area contributed by atoms with E-state index in [0.29, 0.717) is 12.8 Å². The fraction of sp³-hybridized carbons (Fsp3) is 0.967. The van der Waals surface area contributed by atoms with Crippen LogP contribution < -0.4 is 0 Å². The van der Waals surface area contributed by atoms with Crippen LogP contribution in [0, 0.1) is 0 Å². The van der Waals surface area contributed by atoms with Crippen molar-refractivity contribution in [2.24, 2.45) is 0 Å². The predicted molar refractivity (Wildman–Crippen MR) is 295 cm³/mol. The zero-order valence-corrected chi connectivity index (χ0v) is 46.9. The Morgan fingerprint density at radius 1 is 0.353 bits per heavy atom. The molecule has 0 spiro atoms. The lowest BCUT2D eigenvalue weighted by Crippen LogP contribution is -2.47. The Labute approximate surface area is 425 Å². The molecule has 0 atom stereocenters. The van der Waals surface area contributed by atoms with Crippen LogP contribution in [0.5, 0.6) is 0 Å². The van der Waals surface area contributed by atoms with E-state index in [1.807, 2.05) is 0 Å². The normalized spacial score (nSPS) is 13.8. The van der Waals surface area contributed by atoms with Crippen molar-refractivity contribution in [3.8, 4) is 0 Å². The molecule has 404 valence electrons. The van der Waals surface area contributed by atoms with E-state index in [-0.39, 0.29) is 24.1 Å². The molecule has 1 fully saturated rings. The topological polar surface area (TPSA) is 65.6 Å². The highest BCUT2D eigenvalue weighted by molar-refractivity contribution is 5.70. The number of ether oxygens (including phenoxy) is 2. The summed E-state index contributed by atoms with van der Waals surface area (Å²) in [7, 11) is 4.33. The monoisotopic (exact) mass is 961 g/mol. The summed E-state index contributed by atoms with van der Waals surface area (Å²) in [6.45, 7) is 19.5. The third kappa shape index (κ3) is 42.5. The lowest BCUT2D eigenvalue weighted by molar-refractivity contribution is -0.151. The van der Waals surface area contributed by atoms with Crippen LogP contribution in [0.25, 0.3) is 0 Å². The van der Waals surface area contributed by atoms with Gasteiger partial charge in [0.05, 0.1) is 12.8 Å². The zero-order chi connectivity index (χ0) is 49.4. The van der Waals surface area contributed by atoms with Crippen molar-refractivity contribution < 1.29 is 19.1 Å². The molecule has 0 aromatic rings. The summed E-state index contributed by atoms with van der Waals surface area (Å²) < 4.78 is 12.3. The highest BCUT2D eigenvalue weighted by atomic mass is 16.5. The Bertz CT molecular complexity index is 948. The Hall–Kier alpha value is -1.22. The number of rotatable bonds is 52. The first-order chi connectivity index (χ1) is 33.3. The largest absolute Gasteiger partial charge is 0.462 e. The molecule has 0 amide bonds. The molecular formula is C60H120N4O4. The second-order valence-corrected chi connectivity index (χ2v) is 21.8. The molecule has 0 saturated carbocycles. The number of hydrogen-bond acceptors (Lipinski definition) is 8. The number of carbonyl (C=O) groups excluding carboxylic acids is 2. The lowest BCUT2D eigenvalue weighted by Gasteiger charge is -2.35. The van der Waals surface area contributed by atoms with E-state index in [1.165, 1.54) is 205 Å². The average Bonchev–Trinajstić information content (AvgIpc) is 3.33. The summed E-state index contributed by atoms with van der Waals surface area (Å²) in [6.07, 6.45) is 49.8. The minimum atomic E-state index is 0.00289. The van der Waals surface area contributed by atoms with Crippen LogP contribution in [-0.4, -0.2) is 123 Å². The first-order valence-corrected chi connectivity index (χ1v) is 30.5. The number of carbonyl (C=O) groups is 2. The SMILES string of the molecule is CCCCCCCCCCC(CCCCCCCCCC)OC(=O)CCN(C)CCCN1CCN(CCCN(C)CCC(=O)OC(CCCCCCCCCC)CCCCCCCCCC)CC1. The van der Waals surface area contributed by atoms with Gasteiger partial charge in [-0.05, 0) is 104 Å². The maximum absolute atomic E-state index is 13.0. The maximum Gasteiger partial charge on any atom is 0.307 e. The second kappa shape index (κ2) is 49.4. The molecule has 1 saturated heterocycles. The molecule has 0 bridgehead atoms. The Kier molecular flexibility index (Phi) is 47.0. The van der Waals surface area contributed by atoms with E-state index in [2.05, 4.69) is 61.4 Å². The van der Waals surface area contributed by atoms with Gasteiger partial charge >= 0.3 is 11.9 Å². The zero-order valence-electron chi connectivity index (χ0n) is 46.9. The molecule has 0 aromatic carbocycles. The molecule has 1 aliphatic heterocycles. The Balaban J connectivity index is 2.28. The van der Waals surface area contributed by atoms with Crippen LogP contribution in [0.3, 0.4) is 0 Å². The first kappa shape index (κ1) is 64.8. The van der Waals surface area contributed by atoms with Crippen LogP contribution in [0.4, 0.5) is 0 Å². The molecule has 0 N–H and O–H groups in total. The highest BCUT2D eigenvalue weighted by Crippen LogP contribution is 2.20. The summed E-state index contributed by atoms with van der Waals surface area (Å²) in [4.78, 5) is 36.0. The van der Waals surface area contributed by atoms with Crippen molar-refractivity contribution in [1.29, 1.82) is 0 Å². The fourth-order valence-corrected chi connectivity index (χ4v) is 10.2. The molecule has 1 heterocycles. The van der Waals surface area contributed by atoms with E-state index >= 15 is 0 Å². The van der Waals surface area contributed by atoms with Crippen LogP contribution in [-0.2, 0) is 19.1 Å². The Morgan fingerprint density at radius 3 is 0.838 bits per heavy atom. The van der Waals surface area contributed by atoms with Crippen molar-refractivity contribution >= 4 is 11.9 Å². The summed E-state index contributed by atoms with van der Waals surface area (Å²) in [5.41, 5.74) is 0. The van der Waals surface area contributed by atoms with Gasteiger partial charge in [0.2, 0.25) is 0 Å². The van der Waals surface area contributed by atoms with Gasteiger partial charge in [0, 0.05) is 39.3 Å². The van der Waals surface area contributed by atoms with Crippen LogP contribution in [0.1, 0.15) is 285 Å². The minimum absolute atomic E-state index is 0.00289. The molecule has 0 unspecified atom stereocenters. The molecule has 1 aliphatic rings. The van der Waals surface area contributed by atoms with Gasteiger partial charge in [-0.25, -0.2) is 0 Å². The fourth-order valence-electron chi connectivity index (χ4n) is 10.2. The quantitative estimate of drug-likeness (QED) is 0.0441. The van der Waals surface area contributed by atoms with Gasteiger partial charge in [-0.15, -0.1) is 0 Å². The maximum atomic E-state index is 13.0. The molecule has 0 aromatic heterocycles. The van der Waals surface area contributed by atoms with E-state index in [1.54, 1.807) is 0 Å². The van der Waals surface area contributed by atoms with Crippen molar-refractivity contribution in [2.75, 3.05) is 79.5 Å². The molecule has 8 nitrogen and oxygen atoms in total. The number of piperazine rings is 1. The van der Waals surface area contributed by atoms with Gasteiger partial charge in [0.25, 0.3) is 0 Å². The summed E-state index contributed by atoms with van der Waals surface area (Å²) in [5, 5.41) is 0. The van der Waals surface area contributed by atoms with Crippen molar-refractivity contribution in [3.05, 3.63) is 0 Å². The van der Waals surface area contributed by atoms with Crippen LogP contribution in [0.2, 0.25) is 0 Å². The number of esters is 2. The molecule has 8 heteroatoms. The van der Waals surface area contributed by atoms with Gasteiger partial charge in [-0.2, -0.15) is 0 Å². The first-order valence-electron chi connectivity index (χ1n) is 30.5. The summed E-state index contributed by atoms with van der Waals surface area (Å²) >= 11 is 0. The minimum Gasteiger partial charge on any atom is -0.462 e. The van der Waals surface area contributed by atoms with Crippen LogP contribution in [0.15, 0.2) is 0 Å². The lowest BCUT2D eigenvalue weighted by atomic mass is 10.0. The van der Waals surface area contributed by atoms with Crippen molar-refractivity contribution in [2.45, 2.75) is 297 Å². The smallest absolute Gasteiger partial charge is 0.307 e. The predicted octanol–water partition coefficient (Wildman–Crippen LogP) is 16.0. The van der Waals surface area contributed by atoms with E-state index in [4.69, 9.17) is 9.47 Å². The second-order valence-electron chi connectivity index (χ2n) is 21.8. The molecular weight excluding hydrogens is 841 g/mol. The van der Waals surface area contributed by atoms with E-state index in [0.717, 1.165) is 104 Å². The third-order valence-corrected chi connectivity index (χ3v) is 15.0. The van der Waals surface area contributed by atoms with Gasteiger partial charge in [-0.1, -0.05) is 207 Å². The van der Waals surface area contributed by atoms with Gasteiger partial charge in [-0.3, -0.25) is 9.59 Å². The van der Waals surface area contributed by atoms with Gasteiger partial charge in [0.1, 0.15) is 12.2 Å². The summed E-state index contributed by atoms with van der Waals surface area (Å²) in [5.74, 6) is 0.00577. The standard InChI is InChI=1S/C60H120N4O4/c1-7-11-15-19-23-27-31-35-41-57(42-36-32-28-24-20-16-12-8-2)67-59(65)45-51-61(5)47-39-49-63-53-55-64(56-54-63)50-40-48-62(6)52-46-60(66)68-58(43-37-33-29-25-21-17-13-9-3)44-38-34-30-26-22-18-14-10-4/h57-58H,7-56H2,1-6H3. The molecule has 1 rings (SSSR count). The van der Waals surface area contributed by atoms with Crippen molar-refractivity contribution in [3.63, 3.8) is 0 Å². The van der Waals surface area contributed by atoms with Crippen LogP contribution >= 0.6 is 0 Å². The van der Waals surface area contributed by atoms with E-state index < -0.39 is 0 Å². The van der Waals surface area contributed by atoms with Crippen molar-refractivity contribution in [1.82, 2.24) is 19.6 Å². The highest BCUT2D eigenvalue weighted by Gasteiger charge is 2.19.